The number of alkyl halides is 2. The van der Waals surface area contributed by atoms with Crippen molar-refractivity contribution >= 4 is 5.97 Å². The van der Waals surface area contributed by atoms with Gasteiger partial charge in [0, 0.05) is 12.5 Å². The number of halogens is 2. The summed E-state index contributed by atoms with van der Waals surface area (Å²) < 4.78 is 31.1. The summed E-state index contributed by atoms with van der Waals surface area (Å²) in [6.07, 6.45) is -0.713. The van der Waals surface area contributed by atoms with E-state index in [1.165, 1.54) is 25.3 Å². The topological polar surface area (TPSA) is 59.4 Å². The van der Waals surface area contributed by atoms with E-state index in [4.69, 9.17) is 9.84 Å². The maximum Gasteiger partial charge on any atom is 0.322 e. The lowest BCUT2D eigenvalue weighted by Gasteiger charge is -2.11. The number of hydrogen-bond acceptors (Lipinski definition) is 3. The van der Waals surface area contributed by atoms with Gasteiger partial charge in [-0.05, 0) is 6.07 Å². The third-order valence-corrected chi connectivity index (χ3v) is 2.72. The molecule has 1 aliphatic rings. The zero-order valence-electron chi connectivity index (χ0n) is 8.41. The van der Waals surface area contributed by atoms with Crippen LogP contribution in [0.4, 0.5) is 8.78 Å². The van der Waals surface area contributed by atoms with Crippen LogP contribution in [0, 0.1) is 0 Å². The van der Waals surface area contributed by atoms with Gasteiger partial charge in [-0.3, -0.25) is 4.79 Å². The maximum absolute atomic E-state index is 13.2. The van der Waals surface area contributed by atoms with Gasteiger partial charge < -0.3 is 9.84 Å². The third kappa shape index (κ3) is 1.26. The quantitative estimate of drug-likeness (QED) is 0.852. The molecule has 2 rings (SSSR count). The molecule has 1 aromatic heterocycles. The number of pyridine rings is 1. The Balaban J connectivity index is 2.47. The van der Waals surface area contributed by atoms with Crippen LogP contribution in [0.1, 0.15) is 12.1 Å². The van der Waals surface area contributed by atoms with Gasteiger partial charge in [-0.1, -0.05) is 6.07 Å². The Morgan fingerprint density at radius 3 is 2.62 bits per heavy atom. The van der Waals surface area contributed by atoms with Gasteiger partial charge in [-0.15, -0.1) is 0 Å². The van der Waals surface area contributed by atoms with Crippen LogP contribution in [-0.4, -0.2) is 29.1 Å². The summed E-state index contributed by atoms with van der Waals surface area (Å²) in [5, 5.41) is 8.90. The van der Waals surface area contributed by atoms with Crippen molar-refractivity contribution in [3.63, 3.8) is 0 Å². The molecule has 1 saturated carbocycles. The first kappa shape index (κ1) is 10.8. The summed E-state index contributed by atoms with van der Waals surface area (Å²) in [4.78, 5) is 14.7. The average molecular weight is 229 g/mol. The summed E-state index contributed by atoms with van der Waals surface area (Å²) >= 11 is 0. The second-order valence-corrected chi connectivity index (χ2v) is 3.66. The predicted octanol–water partition coefficient (Wildman–Crippen LogP) is 1.45. The minimum Gasteiger partial charge on any atom is -0.481 e. The van der Waals surface area contributed by atoms with Crippen molar-refractivity contribution in [2.75, 3.05) is 7.11 Å². The van der Waals surface area contributed by atoms with E-state index >= 15 is 0 Å². The van der Waals surface area contributed by atoms with Gasteiger partial charge in [0.05, 0.1) is 12.8 Å². The van der Waals surface area contributed by atoms with E-state index in [1.54, 1.807) is 0 Å². The Labute approximate surface area is 89.9 Å². The van der Waals surface area contributed by atoms with Crippen LogP contribution in [0.2, 0.25) is 0 Å². The van der Waals surface area contributed by atoms with E-state index in [0.717, 1.165) is 0 Å². The van der Waals surface area contributed by atoms with Crippen LogP contribution < -0.4 is 4.74 Å². The Hall–Kier alpha value is -1.72. The first-order valence-electron chi connectivity index (χ1n) is 4.57. The molecule has 16 heavy (non-hydrogen) atoms. The molecule has 1 fully saturated rings. The number of carboxylic acid groups (broad SMARTS) is 1. The zero-order valence-corrected chi connectivity index (χ0v) is 8.41. The lowest BCUT2D eigenvalue weighted by Crippen LogP contribution is -2.28. The molecule has 1 aromatic rings. The smallest absolute Gasteiger partial charge is 0.322 e. The predicted molar refractivity (Wildman–Crippen MR) is 49.7 cm³/mol. The third-order valence-electron chi connectivity index (χ3n) is 2.72. The van der Waals surface area contributed by atoms with Crippen molar-refractivity contribution in [1.82, 2.24) is 4.98 Å². The first-order chi connectivity index (χ1) is 7.44. The molecule has 1 atom stereocenters. The largest absolute Gasteiger partial charge is 0.481 e. The summed E-state index contributed by atoms with van der Waals surface area (Å²) in [6.45, 7) is 0. The molecular formula is C10H9F2NO3. The molecular weight excluding hydrogens is 220 g/mol. The van der Waals surface area contributed by atoms with Crippen molar-refractivity contribution in [2.24, 2.45) is 0 Å². The number of aliphatic carboxylic acids is 1. The minimum absolute atomic E-state index is 0.126. The van der Waals surface area contributed by atoms with Crippen molar-refractivity contribution in [2.45, 2.75) is 17.8 Å². The van der Waals surface area contributed by atoms with Gasteiger partial charge in [0.2, 0.25) is 5.88 Å². The van der Waals surface area contributed by atoms with E-state index < -0.39 is 23.7 Å². The summed E-state index contributed by atoms with van der Waals surface area (Å²) in [5.74, 6) is -4.67. The van der Waals surface area contributed by atoms with Crippen LogP contribution >= 0.6 is 0 Å². The van der Waals surface area contributed by atoms with Crippen molar-refractivity contribution in [3.8, 4) is 5.88 Å². The second kappa shape index (κ2) is 3.13. The van der Waals surface area contributed by atoms with E-state index in [2.05, 4.69) is 4.98 Å². The minimum atomic E-state index is -3.24. The molecule has 0 spiro atoms. The Bertz CT molecular complexity index is 449. The second-order valence-electron chi connectivity index (χ2n) is 3.66. The molecule has 1 N–H and O–H groups in total. The molecule has 1 unspecified atom stereocenters. The normalized spacial score (nSPS) is 26.2. The molecule has 0 aromatic carbocycles. The molecule has 6 heteroatoms. The SMILES string of the molecule is COc1cccc(C2(C(=O)O)CC2(F)F)n1. The van der Waals surface area contributed by atoms with Crippen LogP contribution in [0.3, 0.4) is 0 Å². The number of carbonyl (C=O) groups is 1. The van der Waals surface area contributed by atoms with Crippen molar-refractivity contribution < 1.29 is 23.4 Å². The molecule has 0 amide bonds. The Kier molecular flexibility index (Phi) is 2.11. The van der Waals surface area contributed by atoms with E-state index in [0.29, 0.717) is 0 Å². The molecule has 0 radical (unpaired) electrons. The highest BCUT2D eigenvalue weighted by Crippen LogP contribution is 2.61. The van der Waals surface area contributed by atoms with Gasteiger partial charge in [0.1, 0.15) is 0 Å². The highest BCUT2D eigenvalue weighted by atomic mass is 19.3. The maximum atomic E-state index is 13.2. The van der Waals surface area contributed by atoms with E-state index in [9.17, 15) is 13.6 Å². The first-order valence-corrected chi connectivity index (χ1v) is 4.57. The summed E-state index contributed by atoms with van der Waals surface area (Å²) in [7, 11) is 1.34. The number of carboxylic acids is 1. The average Bonchev–Trinajstić information content (AvgIpc) is 2.83. The number of hydrogen-bond donors (Lipinski definition) is 1. The van der Waals surface area contributed by atoms with Crippen molar-refractivity contribution in [3.05, 3.63) is 23.9 Å². The molecule has 0 aliphatic heterocycles. The standard InChI is InChI=1S/C10H9F2NO3/c1-16-7-4-2-3-6(13-7)9(8(14)15)5-10(9,11)12/h2-4H,5H2,1H3,(H,14,15). The highest BCUT2D eigenvalue weighted by Gasteiger charge is 2.78. The van der Waals surface area contributed by atoms with Gasteiger partial charge in [-0.2, -0.15) is 0 Å². The molecule has 1 aliphatic carbocycles. The monoisotopic (exact) mass is 229 g/mol. The molecule has 1 heterocycles. The number of rotatable bonds is 3. The zero-order chi connectivity index (χ0) is 12.0. The Morgan fingerprint density at radius 2 is 2.19 bits per heavy atom. The van der Waals surface area contributed by atoms with E-state index in [-0.39, 0.29) is 11.6 Å². The van der Waals surface area contributed by atoms with Crippen LogP contribution in [0.25, 0.3) is 0 Å². The van der Waals surface area contributed by atoms with E-state index in [1.807, 2.05) is 0 Å². The number of ether oxygens (including phenoxy) is 1. The van der Waals surface area contributed by atoms with Crippen molar-refractivity contribution in [1.29, 1.82) is 0 Å². The highest BCUT2D eigenvalue weighted by molar-refractivity contribution is 5.87. The van der Waals surface area contributed by atoms with Crippen LogP contribution in [-0.2, 0) is 10.2 Å². The number of aromatic nitrogens is 1. The fraction of sp³-hybridized carbons (Fsp3) is 0.400. The van der Waals surface area contributed by atoms with Gasteiger partial charge >= 0.3 is 5.97 Å². The fourth-order valence-corrected chi connectivity index (χ4v) is 1.67. The molecule has 86 valence electrons. The van der Waals surface area contributed by atoms with Crippen LogP contribution in [0.5, 0.6) is 5.88 Å². The number of methoxy groups -OCH3 is 1. The number of nitrogens with zero attached hydrogens (tertiary/aromatic N) is 1. The Morgan fingerprint density at radius 1 is 1.56 bits per heavy atom. The lowest BCUT2D eigenvalue weighted by molar-refractivity contribution is -0.143. The lowest BCUT2D eigenvalue weighted by atomic mass is 10.0. The van der Waals surface area contributed by atoms with Crippen LogP contribution in [0.15, 0.2) is 18.2 Å². The van der Waals surface area contributed by atoms with Gasteiger partial charge in [0.25, 0.3) is 5.92 Å². The van der Waals surface area contributed by atoms with Gasteiger partial charge in [-0.25, -0.2) is 13.8 Å². The summed E-state index contributed by atoms with van der Waals surface area (Å²) in [6, 6.07) is 4.19. The van der Waals surface area contributed by atoms with Gasteiger partial charge in [0.15, 0.2) is 5.41 Å². The molecule has 4 nitrogen and oxygen atoms in total. The molecule has 0 saturated heterocycles. The fourth-order valence-electron chi connectivity index (χ4n) is 1.67. The molecule has 0 bridgehead atoms. The summed E-state index contributed by atoms with van der Waals surface area (Å²) in [5.41, 5.74) is -2.34.